The van der Waals surface area contributed by atoms with Crippen LogP contribution < -0.4 is 0 Å². The number of hydrogen-bond donors (Lipinski definition) is 0. The lowest BCUT2D eigenvalue weighted by Gasteiger charge is -2.06. The molecule has 2 heteroatoms. The molecule has 2 nitrogen and oxygen atoms in total. The molecular formula is C8H15NO. The first-order valence-electron chi connectivity index (χ1n) is 3.99. The van der Waals surface area contributed by atoms with Gasteiger partial charge in [-0.15, -0.1) is 0 Å². The Kier molecular flexibility index (Phi) is 2.72. The van der Waals surface area contributed by atoms with Gasteiger partial charge >= 0.3 is 0 Å². The van der Waals surface area contributed by atoms with E-state index in [4.69, 9.17) is 4.74 Å². The summed E-state index contributed by atoms with van der Waals surface area (Å²) >= 11 is 0. The lowest BCUT2D eigenvalue weighted by molar-refractivity contribution is 0.329. The summed E-state index contributed by atoms with van der Waals surface area (Å²) in [6, 6.07) is 0. The Morgan fingerprint density at radius 3 is 3.00 bits per heavy atom. The van der Waals surface area contributed by atoms with E-state index in [-0.39, 0.29) is 0 Å². The van der Waals surface area contributed by atoms with Gasteiger partial charge < -0.3 is 4.74 Å². The number of ether oxygens (including phenoxy) is 1. The van der Waals surface area contributed by atoms with Gasteiger partial charge in [0.05, 0.1) is 6.54 Å². The van der Waals surface area contributed by atoms with Crippen LogP contribution in [-0.4, -0.2) is 19.0 Å². The third-order valence-corrected chi connectivity index (χ3v) is 1.87. The van der Waals surface area contributed by atoms with E-state index in [9.17, 15) is 0 Å². The second kappa shape index (κ2) is 3.59. The third kappa shape index (κ3) is 2.01. The van der Waals surface area contributed by atoms with Crippen LogP contribution in [0.15, 0.2) is 4.99 Å². The lowest BCUT2D eigenvalue weighted by Crippen LogP contribution is -2.04. The molecule has 1 rings (SSSR count). The van der Waals surface area contributed by atoms with E-state index in [1.807, 2.05) is 0 Å². The molecule has 1 aliphatic rings. The largest absolute Gasteiger partial charge is 0.479 e. The summed E-state index contributed by atoms with van der Waals surface area (Å²) < 4.78 is 5.28. The van der Waals surface area contributed by atoms with Crippen molar-refractivity contribution in [3.63, 3.8) is 0 Å². The number of aliphatic imine (C=N–C) groups is 1. The number of hydrogen-bond acceptors (Lipinski definition) is 2. The monoisotopic (exact) mass is 141 g/mol. The second-order valence-corrected chi connectivity index (χ2v) is 2.84. The van der Waals surface area contributed by atoms with Crippen molar-refractivity contribution in [1.29, 1.82) is 0 Å². The van der Waals surface area contributed by atoms with Crippen molar-refractivity contribution < 1.29 is 4.74 Å². The van der Waals surface area contributed by atoms with Crippen LogP contribution in [0.1, 0.15) is 26.7 Å². The summed E-state index contributed by atoms with van der Waals surface area (Å²) in [5.41, 5.74) is 0. The van der Waals surface area contributed by atoms with E-state index in [1.165, 1.54) is 6.42 Å². The minimum Gasteiger partial charge on any atom is -0.479 e. The summed E-state index contributed by atoms with van der Waals surface area (Å²) in [6.07, 6.45) is 2.24. The SMILES string of the molecule is CCC(C)CC1=NCCO1. The van der Waals surface area contributed by atoms with Gasteiger partial charge in [-0.05, 0) is 5.92 Å². The Morgan fingerprint density at radius 2 is 2.50 bits per heavy atom. The zero-order chi connectivity index (χ0) is 7.40. The fraction of sp³-hybridized carbons (Fsp3) is 0.875. The number of nitrogens with zero attached hydrogens (tertiary/aromatic N) is 1. The fourth-order valence-electron chi connectivity index (χ4n) is 0.945. The van der Waals surface area contributed by atoms with Crippen LogP contribution in [0.4, 0.5) is 0 Å². The summed E-state index contributed by atoms with van der Waals surface area (Å²) in [5, 5.41) is 0. The third-order valence-electron chi connectivity index (χ3n) is 1.87. The summed E-state index contributed by atoms with van der Waals surface area (Å²) in [5.74, 6) is 1.69. The molecule has 1 aliphatic heterocycles. The van der Waals surface area contributed by atoms with E-state index in [0.717, 1.165) is 31.4 Å². The quantitative estimate of drug-likeness (QED) is 0.587. The Balaban J connectivity index is 2.23. The first kappa shape index (κ1) is 7.58. The molecule has 10 heavy (non-hydrogen) atoms. The molecule has 0 saturated carbocycles. The Morgan fingerprint density at radius 1 is 1.70 bits per heavy atom. The molecule has 0 radical (unpaired) electrons. The molecule has 0 amide bonds. The van der Waals surface area contributed by atoms with Gasteiger partial charge in [0.15, 0.2) is 5.90 Å². The van der Waals surface area contributed by atoms with Gasteiger partial charge in [-0.25, -0.2) is 0 Å². The van der Waals surface area contributed by atoms with Gasteiger partial charge in [0.2, 0.25) is 0 Å². The summed E-state index contributed by atoms with van der Waals surface area (Å²) in [6.45, 7) is 6.09. The zero-order valence-electron chi connectivity index (χ0n) is 6.76. The first-order chi connectivity index (χ1) is 4.83. The second-order valence-electron chi connectivity index (χ2n) is 2.84. The van der Waals surface area contributed by atoms with E-state index in [1.54, 1.807) is 0 Å². The summed E-state index contributed by atoms with van der Waals surface area (Å²) in [4.78, 5) is 4.22. The smallest absolute Gasteiger partial charge is 0.183 e. The fourth-order valence-corrected chi connectivity index (χ4v) is 0.945. The van der Waals surface area contributed by atoms with Crippen LogP contribution in [0.5, 0.6) is 0 Å². The van der Waals surface area contributed by atoms with Crippen molar-refractivity contribution in [3.8, 4) is 0 Å². The van der Waals surface area contributed by atoms with Crippen molar-refractivity contribution in [2.24, 2.45) is 10.9 Å². The number of rotatable bonds is 3. The summed E-state index contributed by atoms with van der Waals surface area (Å²) in [7, 11) is 0. The molecule has 1 atom stereocenters. The first-order valence-corrected chi connectivity index (χ1v) is 3.99. The highest BCUT2D eigenvalue weighted by Crippen LogP contribution is 2.10. The minimum atomic E-state index is 0.719. The average molecular weight is 141 g/mol. The van der Waals surface area contributed by atoms with Crippen LogP contribution in [0.3, 0.4) is 0 Å². The van der Waals surface area contributed by atoms with Crippen molar-refractivity contribution in [2.75, 3.05) is 13.2 Å². The molecule has 1 unspecified atom stereocenters. The Bertz CT molecular complexity index is 131. The Hall–Kier alpha value is -0.530. The normalized spacial score (nSPS) is 20.0. The molecule has 0 aromatic rings. The molecule has 0 aromatic heterocycles. The molecule has 0 aliphatic carbocycles. The topological polar surface area (TPSA) is 21.6 Å². The van der Waals surface area contributed by atoms with Crippen LogP contribution in [0.25, 0.3) is 0 Å². The van der Waals surface area contributed by atoms with Gasteiger partial charge in [-0.2, -0.15) is 0 Å². The molecule has 0 N–H and O–H groups in total. The van der Waals surface area contributed by atoms with E-state index in [0.29, 0.717) is 0 Å². The highest BCUT2D eigenvalue weighted by atomic mass is 16.5. The molecular weight excluding hydrogens is 126 g/mol. The minimum absolute atomic E-state index is 0.719. The van der Waals surface area contributed by atoms with Crippen LogP contribution >= 0.6 is 0 Å². The maximum Gasteiger partial charge on any atom is 0.183 e. The van der Waals surface area contributed by atoms with Crippen molar-refractivity contribution in [3.05, 3.63) is 0 Å². The van der Waals surface area contributed by atoms with Crippen LogP contribution in [-0.2, 0) is 4.74 Å². The predicted molar refractivity (Wildman–Crippen MR) is 42.3 cm³/mol. The molecule has 58 valence electrons. The lowest BCUT2D eigenvalue weighted by atomic mass is 10.1. The molecule has 0 fully saturated rings. The van der Waals surface area contributed by atoms with E-state index < -0.39 is 0 Å². The maximum atomic E-state index is 5.28. The highest BCUT2D eigenvalue weighted by Gasteiger charge is 2.09. The average Bonchev–Trinajstić information content (AvgIpc) is 2.40. The van der Waals surface area contributed by atoms with Gasteiger partial charge in [-0.1, -0.05) is 20.3 Å². The van der Waals surface area contributed by atoms with Gasteiger partial charge in [0.1, 0.15) is 6.61 Å². The highest BCUT2D eigenvalue weighted by molar-refractivity contribution is 5.77. The van der Waals surface area contributed by atoms with Crippen LogP contribution in [0.2, 0.25) is 0 Å². The van der Waals surface area contributed by atoms with Gasteiger partial charge in [0.25, 0.3) is 0 Å². The molecule has 0 saturated heterocycles. The standard InChI is InChI=1S/C8H15NO/c1-3-7(2)6-8-9-4-5-10-8/h7H,3-6H2,1-2H3. The van der Waals surface area contributed by atoms with Crippen molar-refractivity contribution in [2.45, 2.75) is 26.7 Å². The molecule has 0 spiro atoms. The van der Waals surface area contributed by atoms with Crippen molar-refractivity contribution in [1.82, 2.24) is 0 Å². The predicted octanol–water partition coefficient (Wildman–Crippen LogP) is 1.85. The van der Waals surface area contributed by atoms with Crippen LogP contribution in [0, 0.1) is 5.92 Å². The molecule has 0 bridgehead atoms. The molecule has 1 heterocycles. The van der Waals surface area contributed by atoms with Gasteiger partial charge in [-0.3, -0.25) is 4.99 Å². The Labute approximate surface area is 62.3 Å². The van der Waals surface area contributed by atoms with Crippen molar-refractivity contribution >= 4 is 5.90 Å². The van der Waals surface area contributed by atoms with E-state index in [2.05, 4.69) is 18.8 Å². The molecule has 0 aromatic carbocycles. The maximum absolute atomic E-state index is 5.28. The zero-order valence-corrected chi connectivity index (χ0v) is 6.76. The van der Waals surface area contributed by atoms with Gasteiger partial charge in [0, 0.05) is 6.42 Å². The van der Waals surface area contributed by atoms with E-state index >= 15 is 0 Å².